The summed E-state index contributed by atoms with van der Waals surface area (Å²) in [5, 5.41) is 6.74. The maximum absolute atomic E-state index is 12.7. The molecule has 0 spiro atoms. The minimum absolute atomic E-state index is 0.0561. The molecule has 1 aliphatic heterocycles. The first-order valence-corrected chi connectivity index (χ1v) is 8.52. The highest BCUT2D eigenvalue weighted by Crippen LogP contribution is 2.43. The van der Waals surface area contributed by atoms with Crippen molar-refractivity contribution >= 4 is 5.91 Å². The van der Waals surface area contributed by atoms with E-state index in [9.17, 15) is 4.79 Å². The van der Waals surface area contributed by atoms with Crippen LogP contribution in [-0.2, 0) is 4.79 Å². The summed E-state index contributed by atoms with van der Waals surface area (Å²) in [6, 6.07) is 0. The predicted octanol–water partition coefficient (Wildman–Crippen LogP) is 2.95. The summed E-state index contributed by atoms with van der Waals surface area (Å²) in [6.45, 7) is 9.83. The molecule has 0 bridgehead atoms. The maximum Gasteiger partial charge on any atom is 0.226 e. The third-order valence-electron chi connectivity index (χ3n) is 5.35. The number of hydrogen-bond acceptors (Lipinski definition) is 2. The normalized spacial score (nSPS) is 29.6. The summed E-state index contributed by atoms with van der Waals surface area (Å²) in [7, 11) is 0. The summed E-state index contributed by atoms with van der Waals surface area (Å²) < 4.78 is 0. The number of amides is 1. The molecule has 0 aromatic heterocycles. The largest absolute Gasteiger partial charge is 0.355 e. The molecular formula is C17H32N2O. The molecule has 1 amide bonds. The van der Waals surface area contributed by atoms with Crippen molar-refractivity contribution in [1.29, 1.82) is 0 Å². The Morgan fingerprint density at radius 1 is 1.35 bits per heavy atom. The van der Waals surface area contributed by atoms with Crippen molar-refractivity contribution in [2.75, 3.05) is 19.6 Å². The van der Waals surface area contributed by atoms with E-state index in [2.05, 4.69) is 31.4 Å². The third kappa shape index (κ3) is 3.75. The molecule has 2 fully saturated rings. The lowest BCUT2D eigenvalue weighted by Gasteiger charge is -2.33. The maximum atomic E-state index is 12.7. The molecule has 1 aliphatic carbocycles. The third-order valence-corrected chi connectivity index (χ3v) is 5.35. The molecular weight excluding hydrogens is 248 g/mol. The van der Waals surface area contributed by atoms with Gasteiger partial charge < -0.3 is 10.6 Å². The Kier molecular flexibility index (Phi) is 5.48. The van der Waals surface area contributed by atoms with Gasteiger partial charge in [-0.15, -0.1) is 0 Å². The van der Waals surface area contributed by atoms with Gasteiger partial charge in [0.05, 0.1) is 0 Å². The zero-order valence-electron chi connectivity index (χ0n) is 13.5. The molecule has 1 heterocycles. The van der Waals surface area contributed by atoms with Crippen molar-refractivity contribution in [3.8, 4) is 0 Å². The number of hydrogen-bond donors (Lipinski definition) is 2. The van der Waals surface area contributed by atoms with Crippen LogP contribution in [0, 0.1) is 23.2 Å². The molecule has 2 N–H and O–H groups in total. The highest BCUT2D eigenvalue weighted by molar-refractivity contribution is 5.82. The molecule has 1 saturated heterocycles. The fourth-order valence-corrected chi connectivity index (χ4v) is 4.10. The average Bonchev–Trinajstić information content (AvgIpc) is 2.86. The lowest BCUT2D eigenvalue weighted by molar-refractivity contribution is -0.132. The SMILES string of the molecule is CC(C)CC1(C(=O)NCC2CNCCC2C)CCCC1. The molecule has 0 radical (unpaired) electrons. The van der Waals surface area contributed by atoms with Gasteiger partial charge in [-0.1, -0.05) is 33.6 Å². The van der Waals surface area contributed by atoms with Crippen LogP contribution in [0.2, 0.25) is 0 Å². The summed E-state index contributed by atoms with van der Waals surface area (Å²) in [4.78, 5) is 12.7. The van der Waals surface area contributed by atoms with E-state index in [0.717, 1.165) is 44.8 Å². The first-order chi connectivity index (χ1) is 9.53. The molecule has 2 unspecified atom stereocenters. The van der Waals surface area contributed by atoms with Crippen molar-refractivity contribution in [3.63, 3.8) is 0 Å². The number of piperidine rings is 1. The van der Waals surface area contributed by atoms with Crippen LogP contribution < -0.4 is 10.6 Å². The lowest BCUT2D eigenvalue weighted by Crippen LogP contribution is -2.46. The van der Waals surface area contributed by atoms with E-state index in [1.807, 2.05) is 0 Å². The molecule has 20 heavy (non-hydrogen) atoms. The highest BCUT2D eigenvalue weighted by atomic mass is 16.2. The van der Waals surface area contributed by atoms with Gasteiger partial charge in [-0.3, -0.25) is 4.79 Å². The summed E-state index contributed by atoms with van der Waals surface area (Å²) in [5.74, 6) is 2.27. The van der Waals surface area contributed by atoms with E-state index >= 15 is 0 Å². The number of carbonyl (C=O) groups excluding carboxylic acids is 1. The van der Waals surface area contributed by atoms with Gasteiger partial charge in [0.1, 0.15) is 0 Å². The van der Waals surface area contributed by atoms with Gasteiger partial charge in [-0.25, -0.2) is 0 Å². The Morgan fingerprint density at radius 3 is 2.65 bits per heavy atom. The zero-order valence-corrected chi connectivity index (χ0v) is 13.5. The van der Waals surface area contributed by atoms with Crippen LogP contribution in [0.15, 0.2) is 0 Å². The molecule has 2 atom stereocenters. The molecule has 0 aromatic carbocycles. The molecule has 0 aromatic rings. The second kappa shape index (κ2) is 6.93. The van der Waals surface area contributed by atoms with Gasteiger partial charge in [0.15, 0.2) is 0 Å². The van der Waals surface area contributed by atoms with Crippen LogP contribution in [0.5, 0.6) is 0 Å². The lowest BCUT2D eigenvalue weighted by atomic mass is 9.77. The van der Waals surface area contributed by atoms with Gasteiger partial charge in [0.2, 0.25) is 5.91 Å². The van der Waals surface area contributed by atoms with Gasteiger partial charge in [0.25, 0.3) is 0 Å². The minimum Gasteiger partial charge on any atom is -0.355 e. The number of carbonyl (C=O) groups is 1. The van der Waals surface area contributed by atoms with Gasteiger partial charge in [-0.2, -0.15) is 0 Å². The Bertz CT molecular complexity index is 321. The zero-order chi connectivity index (χ0) is 14.6. The van der Waals surface area contributed by atoms with Crippen LogP contribution in [0.3, 0.4) is 0 Å². The van der Waals surface area contributed by atoms with Crippen molar-refractivity contribution in [2.24, 2.45) is 23.2 Å². The fraction of sp³-hybridized carbons (Fsp3) is 0.941. The molecule has 3 nitrogen and oxygen atoms in total. The average molecular weight is 280 g/mol. The van der Waals surface area contributed by atoms with E-state index in [1.54, 1.807) is 0 Å². The number of nitrogens with one attached hydrogen (secondary N) is 2. The van der Waals surface area contributed by atoms with E-state index in [0.29, 0.717) is 17.7 Å². The standard InChI is InChI=1S/C17H32N2O/c1-13(2)10-17(7-4-5-8-17)16(20)19-12-15-11-18-9-6-14(15)3/h13-15,18H,4-12H2,1-3H3,(H,19,20). The van der Waals surface area contributed by atoms with E-state index < -0.39 is 0 Å². The second-order valence-electron chi connectivity index (χ2n) is 7.53. The first-order valence-electron chi connectivity index (χ1n) is 8.52. The molecule has 116 valence electrons. The Morgan fingerprint density at radius 2 is 2.05 bits per heavy atom. The Hall–Kier alpha value is -0.570. The van der Waals surface area contributed by atoms with Gasteiger partial charge in [0, 0.05) is 12.0 Å². The topological polar surface area (TPSA) is 41.1 Å². The smallest absolute Gasteiger partial charge is 0.226 e. The van der Waals surface area contributed by atoms with Gasteiger partial charge in [-0.05, 0) is 56.5 Å². The second-order valence-corrected chi connectivity index (χ2v) is 7.53. The van der Waals surface area contributed by atoms with Crippen molar-refractivity contribution < 1.29 is 4.79 Å². The van der Waals surface area contributed by atoms with Crippen LogP contribution in [0.1, 0.15) is 59.3 Å². The van der Waals surface area contributed by atoms with Gasteiger partial charge >= 0.3 is 0 Å². The summed E-state index contributed by atoms with van der Waals surface area (Å²) in [6.07, 6.45) is 6.92. The first kappa shape index (κ1) is 15.8. The fourth-order valence-electron chi connectivity index (χ4n) is 4.10. The highest BCUT2D eigenvalue weighted by Gasteiger charge is 2.41. The van der Waals surface area contributed by atoms with E-state index in [4.69, 9.17) is 0 Å². The summed E-state index contributed by atoms with van der Waals surface area (Å²) >= 11 is 0. The van der Waals surface area contributed by atoms with Crippen molar-refractivity contribution in [2.45, 2.75) is 59.3 Å². The predicted molar refractivity (Wildman–Crippen MR) is 83.5 cm³/mol. The van der Waals surface area contributed by atoms with Crippen LogP contribution in [-0.4, -0.2) is 25.5 Å². The van der Waals surface area contributed by atoms with Crippen molar-refractivity contribution in [1.82, 2.24) is 10.6 Å². The Labute approximate surface area is 124 Å². The molecule has 3 heteroatoms. The quantitative estimate of drug-likeness (QED) is 0.813. The molecule has 2 aliphatic rings. The van der Waals surface area contributed by atoms with Crippen LogP contribution in [0.4, 0.5) is 0 Å². The minimum atomic E-state index is -0.0561. The van der Waals surface area contributed by atoms with Crippen LogP contribution in [0.25, 0.3) is 0 Å². The number of rotatable bonds is 5. The van der Waals surface area contributed by atoms with Crippen LogP contribution >= 0.6 is 0 Å². The Balaban J connectivity index is 1.88. The monoisotopic (exact) mass is 280 g/mol. The molecule has 2 rings (SSSR count). The summed E-state index contributed by atoms with van der Waals surface area (Å²) in [5.41, 5.74) is -0.0561. The van der Waals surface area contributed by atoms with E-state index in [-0.39, 0.29) is 5.41 Å². The van der Waals surface area contributed by atoms with E-state index in [1.165, 1.54) is 19.3 Å². The van der Waals surface area contributed by atoms with Crippen molar-refractivity contribution in [3.05, 3.63) is 0 Å². The molecule has 1 saturated carbocycles.